The highest BCUT2D eigenvalue weighted by molar-refractivity contribution is 5.33. The highest BCUT2D eigenvalue weighted by atomic mass is 16.7. The van der Waals surface area contributed by atoms with Crippen LogP contribution in [0.25, 0.3) is 0 Å². The van der Waals surface area contributed by atoms with Gasteiger partial charge in [0.25, 0.3) is 0 Å². The average Bonchev–Trinajstić information content (AvgIpc) is 2.53. The van der Waals surface area contributed by atoms with E-state index in [0.29, 0.717) is 18.8 Å². The van der Waals surface area contributed by atoms with Gasteiger partial charge in [-0.2, -0.15) is 5.26 Å². The summed E-state index contributed by atoms with van der Waals surface area (Å²) in [6.45, 7) is 5.65. The number of nitriles is 1. The molecule has 1 aromatic rings. The molecule has 1 saturated heterocycles. The van der Waals surface area contributed by atoms with Gasteiger partial charge in [0.05, 0.1) is 24.8 Å². The smallest absolute Gasteiger partial charge is 0.165 e. The van der Waals surface area contributed by atoms with Crippen LogP contribution in [0.3, 0.4) is 0 Å². The van der Waals surface area contributed by atoms with Crippen LogP contribution in [0.2, 0.25) is 0 Å². The molecule has 0 bridgehead atoms. The lowest BCUT2D eigenvalue weighted by molar-refractivity contribution is -0.266. The standard InChI is InChI=1S/C18H25NO2/c1-3-4-5-6-11-18(2)20-13-17(14-21-18)16-9-7-15(12-19)8-10-16/h7-10,17H,3-6,11,13-14H2,1-2H3/t17-,18-. The van der Waals surface area contributed by atoms with Gasteiger partial charge >= 0.3 is 0 Å². The Labute approximate surface area is 127 Å². The Morgan fingerprint density at radius 3 is 2.38 bits per heavy atom. The summed E-state index contributed by atoms with van der Waals surface area (Å²) in [5.41, 5.74) is 1.87. The molecule has 1 aliphatic rings. The molecule has 0 radical (unpaired) electrons. The van der Waals surface area contributed by atoms with Crippen LogP contribution in [-0.2, 0) is 9.47 Å². The maximum atomic E-state index is 8.83. The molecule has 0 atom stereocenters. The maximum Gasteiger partial charge on any atom is 0.165 e. The average molecular weight is 287 g/mol. The second-order valence-electron chi connectivity index (χ2n) is 6.00. The molecule has 0 amide bonds. The zero-order valence-corrected chi connectivity index (χ0v) is 13.1. The van der Waals surface area contributed by atoms with Crippen LogP contribution in [0.5, 0.6) is 0 Å². The highest BCUT2D eigenvalue weighted by Gasteiger charge is 2.32. The minimum atomic E-state index is -0.420. The number of rotatable bonds is 6. The first-order valence-corrected chi connectivity index (χ1v) is 7.95. The monoisotopic (exact) mass is 287 g/mol. The Kier molecular flexibility index (Phi) is 5.78. The van der Waals surface area contributed by atoms with Crippen molar-refractivity contribution in [1.29, 1.82) is 5.26 Å². The highest BCUT2D eigenvalue weighted by Crippen LogP contribution is 2.31. The van der Waals surface area contributed by atoms with E-state index in [4.69, 9.17) is 14.7 Å². The van der Waals surface area contributed by atoms with Gasteiger partial charge in [0, 0.05) is 12.3 Å². The number of benzene rings is 1. The van der Waals surface area contributed by atoms with E-state index < -0.39 is 5.79 Å². The van der Waals surface area contributed by atoms with Gasteiger partial charge in [-0.15, -0.1) is 0 Å². The maximum absolute atomic E-state index is 8.83. The van der Waals surface area contributed by atoms with E-state index in [2.05, 4.69) is 13.0 Å². The fourth-order valence-electron chi connectivity index (χ4n) is 2.68. The summed E-state index contributed by atoms with van der Waals surface area (Å²) in [7, 11) is 0. The molecule has 114 valence electrons. The zero-order valence-electron chi connectivity index (χ0n) is 13.1. The molecule has 1 fully saturated rings. The van der Waals surface area contributed by atoms with Crippen molar-refractivity contribution < 1.29 is 9.47 Å². The fraction of sp³-hybridized carbons (Fsp3) is 0.611. The molecule has 0 unspecified atom stereocenters. The third-order valence-corrected chi connectivity index (χ3v) is 4.18. The Hall–Kier alpha value is -1.37. The third-order valence-electron chi connectivity index (χ3n) is 4.18. The van der Waals surface area contributed by atoms with Gasteiger partial charge in [0.2, 0.25) is 0 Å². The number of ether oxygens (including phenoxy) is 2. The minimum Gasteiger partial charge on any atom is -0.350 e. The van der Waals surface area contributed by atoms with Crippen molar-refractivity contribution in [2.45, 2.75) is 57.7 Å². The zero-order chi connectivity index (χ0) is 15.1. The van der Waals surface area contributed by atoms with Crippen molar-refractivity contribution in [2.75, 3.05) is 13.2 Å². The molecule has 0 aromatic heterocycles. The molecule has 0 spiro atoms. The van der Waals surface area contributed by atoms with E-state index in [0.717, 1.165) is 12.8 Å². The SMILES string of the molecule is CCCCCC[C@]1(C)OC[C@@H](c2ccc(C#N)cc2)CO1. The molecule has 21 heavy (non-hydrogen) atoms. The van der Waals surface area contributed by atoms with E-state index in [9.17, 15) is 0 Å². The second kappa shape index (κ2) is 7.59. The Bertz CT molecular complexity index is 467. The van der Waals surface area contributed by atoms with Gasteiger partial charge in [-0.1, -0.05) is 38.3 Å². The van der Waals surface area contributed by atoms with E-state index in [1.165, 1.54) is 24.8 Å². The van der Waals surface area contributed by atoms with Crippen LogP contribution >= 0.6 is 0 Å². The Morgan fingerprint density at radius 1 is 1.14 bits per heavy atom. The molecule has 2 rings (SSSR count). The molecule has 3 nitrogen and oxygen atoms in total. The largest absolute Gasteiger partial charge is 0.350 e. The lowest BCUT2D eigenvalue weighted by Crippen LogP contribution is -2.40. The van der Waals surface area contributed by atoms with E-state index in [-0.39, 0.29) is 5.92 Å². The summed E-state index contributed by atoms with van der Waals surface area (Å²) in [5, 5.41) is 8.83. The van der Waals surface area contributed by atoms with Crippen LogP contribution in [0.4, 0.5) is 0 Å². The molecule has 1 heterocycles. The minimum absolute atomic E-state index is 0.265. The fourth-order valence-corrected chi connectivity index (χ4v) is 2.68. The second-order valence-corrected chi connectivity index (χ2v) is 6.00. The number of unbranched alkanes of at least 4 members (excludes halogenated alkanes) is 3. The summed E-state index contributed by atoms with van der Waals surface area (Å²) in [5.74, 6) is -0.155. The Balaban J connectivity index is 1.83. The molecule has 0 saturated carbocycles. The normalized spacial score (nSPS) is 25.5. The van der Waals surface area contributed by atoms with E-state index in [1.807, 2.05) is 31.2 Å². The first-order chi connectivity index (χ1) is 10.2. The molecule has 1 aliphatic heterocycles. The number of nitrogens with zero attached hydrogens (tertiary/aromatic N) is 1. The van der Waals surface area contributed by atoms with E-state index >= 15 is 0 Å². The summed E-state index contributed by atoms with van der Waals surface area (Å²) < 4.78 is 12.0. The van der Waals surface area contributed by atoms with Crippen LogP contribution < -0.4 is 0 Å². The summed E-state index contributed by atoms with van der Waals surface area (Å²) in [4.78, 5) is 0. The van der Waals surface area contributed by atoms with Gasteiger partial charge in [-0.3, -0.25) is 0 Å². The van der Waals surface area contributed by atoms with Gasteiger partial charge in [-0.05, 0) is 31.0 Å². The quantitative estimate of drug-likeness (QED) is 0.729. The predicted molar refractivity (Wildman–Crippen MR) is 83.0 cm³/mol. The van der Waals surface area contributed by atoms with Crippen molar-refractivity contribution in [1.82, 2.24) is 0 Å². The first-order valence-electron chi connectivity index (χ1n) is 7.95. The molecule has 1 aromatic carbocycles. The predicted octanol–water partition coefficient (Wildman–Crippen LogP) is 4.38. The summed E-state index contributed by atoms with van der Waals surface area (Å²) in [6, 6.07) is 9.85. The van der Waals surface area contributed by atoms with E-state index in [1.54, 1.807) is 0 Å². The number of hydrogen-bond donors (Lipinski definition) is 0. The van der Waals surface area contributed by atoms with Gasteiger partial charge in [0.15, 0.2) is 5.79 Å². The van der Waals surface area contributed by atoms with Crippen LogP contribution in [0.1, 0.15) is 63.0 Å². The number of hydrogen-bond acceptors (Lipinski definition) is 3. The Morgan fingerprint density at radius 2 is 1.81 bits per heavy atom. The van der Waals surface area contributed by atoms with Crippen LogP contribution in [0, 0.1) is 11.3 Å². The molecular weight excluding hydrogens is 262 g/mol. The third kappa shape index (κ3) is 4.56. The molecule has 0 N–H and O–H groups in total. The molecule has 0 aliphatic carbocycles. The van der Waals surface area contributed by atoms with Crippen LogP contribution in [0.15, 0.2) is 24.3 Å². The van der Waals surface area contributed by atoms with Crippen molar-refractivity contribution in [3.63, 3.8) is 0 Å². The van der Waals surface area contributed by atoms with Crippen LogP contribution in [-0.4, -0.2) is 19.0 Å². The molecule has 3 heteroatoms. The first kappa shape index (κ1) is 16.0. The lowest BCUT2D eigenvalue weighted by Gasteiger charge is -2.38. The van der Waals surface area contributed by atoms with Gasteiger partial charge in [-0.25, -0.2) is 0 Å². The van der Waals surface area contributed by atoms with Gasteiger partial charge in [0.1, 0.15) is 0 Å². The van der Waals surface area contributed by atoms with Crippen molar-refractivity contribution in [3.8, 4) is 6.07 Å². The van der Waals surface area contributed by atoms with Gasteiger partial charge < -0.3 is 9.47 Å². The van der Waals surface area contributed by atoms with Crippen molar-refractivity contribution >= 4 is 0 Å². The lowest BCUT2D eigenvalue weighted by atomic mass is 9.97. The van der Waals surface area contributed by atoms with Crippen molar-refractivity contribution in [3.05, 3.63) is 35.4 Å². The summed E-state index contributed by atoms with van der Waals surface area (Å²) in [6.07, 6.45) is 5.90. The topological polar surface area (TPSA) is 42.2 Å². The van der Waals surface area contributed by atoms with Crippen molar-refractivity contribution in [2.24, 2.45) is 0 Å². The molecular formula is C18H25NO2. The summed E-state index contributed by atoms with van der Waals surface area (Å²) >= 11 is 0.